The van der Waals surface area contributed by atoms with E-state index in [0.29, 0.717) is 15.9 Å². The lowest BCUT2D eigenvalue weighted by molar-refractivity contribution is -0.256. The molecule has 2 saturated heterocycles. The molecule has 134 valence electrons. The largest absolute Gasteiger partial charge is 0.477 e. The summed E-state index contributed by atoms with van der Waals surface area (Å²) in [6.07, 6.45) is -0.468. The number of carbonyl (C=O) groups excluding carboxylic acids is 3. The number of hydroxylamine groups is 2. The first-order valence-electron chi connectivity index (χ1n) is 7.23. The van der Waals surface area contributed by atoms with Crippen molar-refractivity contribution in [2.75, 3.05) is 12.3 Å². The third-order valence-corrected chi connectivity index (χ3v) is 4.45. The lowest BCUT2D eigenvalue weighted by Crippen LogP contribution is -2.56. The zero-order valence-corrected chi connectivity index (χ0v) is 13.6. The first kappa shape index (κ1) is 17.1. The average Bonchev–Trinajstić information content (AvgIpc) is 3.21. The molecule has 4 N–H and O–H groups in total. The Balaban J connectivity index is 1.66. The van der Waals surface area contributed by atoms with Crippen LogP contribution in [-0.4, -0.2) is 57.3 Å². The van der Waals surface area contributed by atoms with E-state index >= 15 is 0 Å². The summed E-state index contributed by atoms with van der Waals surface area (Å²) >= 11 is 1.18. The van der Waals surface area contributed by atoms with Gasteiger partial charge in [-0.1, -0.05) is 0 Å². The highest BCUT2D eigenvalue weighted by atomic mass is 32.1. The van der Waals surface area contributed by atoms with Gasteiger partial charge in [-0.05, 0) is 0 Å². The number of rotatable bonds is 5. The van der Waals surface area contributed by atoms with Crippen LogP contribution in [0.25, 0.3) is 0 Å². The number of nitrogens with two attached hydrogens (primary N) is 1. The zero-order chi connectivity index (χ0) is 18.2. The molecule has 2 atom stereocenters. The number of aromatic nitrogens is 1. The summed E-state index contributed by atoms with van der Waals surface area (Å²) in [4.78, 5) is 56.3. The fourth-order valence-corrected chi connectivity index (χ4v) is 3.13. The van der Waals surface area contributed by atoms with Crippen molar-refractivity contribution in [3.8, 4) is 0 Å². The van der Waals surface area contributed by atoms with Crippen LogP contribution in [0.5, 0.6) is 0 Å². The van der Waals surface area contributed by atoms with Gasteiger partial charge in [-0.25, -0.2) is 9.78 Å². The van der Waals surface area contributed by atoms with E-state index in [0.717, 1.165) is 0 Å². The van der Waals surface area contributed by atoms with Crippen molar-refractivity contribution >= 4 is 40.2 Å². The van der Waals surface area contributed by atoms with Crippen LogP contribution in [0, 0.1) is 0 Å². The Morgan fingerprint density at radius 2 is 2.28 bits per heavy atom. The van der Waals surface area contributed by atoms with Crippen molar-refractivity contribution < 1.29 is 33.9 Å². The van der Waals surface area contributed by atoms with Crippen molar-refractivity contribution in [3.63, 3.8) is 0 Å². The van der Waals surface area contributed by atoms with Crippen molar-refractivity contribution in [1.82, 2.24) is 15.4 Å². The highest BCUT2D eigenvalue weighted by molar-refractivity contribution is 7.13. The third kappa shape index (κ3) is 3.13. The molecule has 25 heavy (non-hydrogen) atoms. The normalized spacial score (nSPS) is 25.9. The summed E-state index contributed by atoms with van der Waals surface area (Å²) in [5, 5.41) is 14.3. The fourth-order valence-electron chi connectivity index (χ4n) is 2.57. The lowest BCUT2D eigenvalue weighted by atomic mass is 10.1. The Labute approximate surface area is 144 Å². The number of cyclic esters (lactones) is 1. The van der Waals surface area contributed by atoms with E-state index in [9.17, 15) is 24.3 Å². The molecule has 2 aliphatic heterocycles. The van der Waals surface area contributed by atoms with Crippen LogP contribution in [0.4, 0.5) is 5.13 Å². The molecule has 0 radical (unpaired) electrons. The molecule has 2 amide bonds. The number of amides is 2. The molecule has 0 saturated carbocycles. The minimum absolute atomic E-state index is 0.0868. The number of nitrogen functional groups attached to an aromatic ring is 1. The van der Waals surface area contributed by atoms with Crippen LogP contribution in [-0.2, 0) is 35.2 Å². The van der Waals surface area contributed by atoms with Gasteiger partial charge in [-0.3, -0.25) is 19.2 Å². The van der Waals surface area contributed by atoms with Crippen molar-refractivity contribution in [1.29, 1.82) is 0 Å². The number of carboxylic acids is 1. The van der Waals surface area contributed by atoms with Gasteiger partial charge >= 0.3 is 17.7 Å². The molecule has 0 aliphatic carbocycles. The van der Waals surface area contributed by atoms with E-state index in [1.54, 1.807) is 5.38 Å². The van der Waals surface area contributed by atoms with E-state index in [1.807, 2.05) is 0 Å². The topological polar surface area (TPSA) is 161 Å². The number of carboxylic acid groups (broad SMARTS) is 1. The Kier molecular flexibility index (Phi) is 4.30. The first-order chi connectivity index (χ1) is 11.8. The maximum atomic E-state index is 12.4. The predicted octanol–water partition coefficient (Wildman–Crippen LogP) is -1.36. The minimum Gasteiger partial charge on any atom is -0.477 e. The maximum absolute atomic E-state index is 12.4. The van der Waals surface area contributed by atoms with Crippen LogP contribution in [0.3, 0.4) is 0 Å². The number of anilines is 1. The second-order valence-electron chi connectivity index (χ2n) is 5.47. The Morgan fingerprint density at radius 1 is 1.52 bits per heavy atom. The van der Waals surface area contributed by atoms with Gasteiger partial charge in [0.25, 0.3) is 5.91 Å². The number of nitrogens with one attached hydrogen (secondary N) is 1. The number of hydrogen-bond donors (Lipinski definition) is 3. The second kappa shape index (κ2) is 6.29. The predicted molar refractivity (Wildman–Crippen MR) is 80.7 cm³/mol. The number of esters is 1. The van der Waals surface area contributed by atoms with Gasteiger partial charge in [0.05, 0.1) is 18.5 Å². The van der Waals surface area contributed by atoms with Crippen LogP contribution in [0.15, 0.2) is 5.38 Å². The molecular formula is C13H14N4O7S. The zero-order valence-electron chi connectivity index (χ0n) is 12.8. The van der Waals surface area contributed by atoms with Crippen LogP contribution < -0.4 is 11.1 Å². The molecule has 12 heteroatoms. The van der Waals surface area contributed by atoms with Gasteiger partial charge in [0.1, 0.15) is 12.6 Å². The molecule has 2 fully saturated rings. The number of carbonyl (C=O) groups is 4. The number of hydrogen-bond acceptors (Lipinski definition) is 9. The van der Waals surface area contributed by atoms with Gasteiger partial charge < -0.3 is 20.9 Å². The van der Waals surface area contributed by atoms with Crippen LogP contribution in [0.2, 0.25) is 0 Å². The summed E-state index contributed by atoms with van der Waals surface area (Å²) in [5.74, 6) is -3.56. The average molecular weight is 370 g/mol. The highest BCUT2D eigenvalue weighted by Crippen LogP contribution is 2.34. The van der Waals surface area contributed by atoms with Gasteiger partial charge in [0.15, 0.2) is 5.13 Å². The summed E-state index contributed by atoms with van der Waals surface area (Å²) in [6.45, 7) is -0.268. The van der Waals surface area contributed by atoms with E-state index in [1.165, 1.54) is 11.3 Å². The Morgan fingerprint density at radius 3 is 2.84 bits per heavy atom. The lowest BCUT2D eigenvalue weighted by Gasteiger charge is -2.30. The number of nitrogens with zero attached hydrogens (tertiary/aromatic N) is 2. The number of thiazole rings is 1. The van der Waals surface area contributed by atoms with Crippen molar-refractivity contribution in [2.45, 2.75) is 31.0 Å². The van der Waals surface area contributed by atoms with E-state index in [2.05, 4.69) is 10.3 Å². The van der Waals surface area contributed by atoms with Gasteiger partial charge in [-0.15, -0.1) is 11.3 Å². The van der Waals surface area contributed by atoms with Gasteiger partial charge in [0.2, 0.25) is 5.91 Å². The number of aliphatic carboxylic acids is 1. The van der Waals surface area contributed by atoms with E-state index in [-0.39, 0.29) is 25.9 Å². The van der Waals surface area contributed by atoms with E-state index < -0.39 is 35.5 Å². The van der Waals surface area contributed by atoms with Crippen molar-refractivity contribution in [3.05, 3.63) is 11.1 Å². The number of ether oxygens (including phenoxy) is 1. The summed E-state index contributed by atoms with van der Waals surface area (Å²) < 4.78 is 4.82. The van der Waals surface area contributed by atoms with Crippen LogP contribution in [0.1, 0.15) is 18.5 Å². The van der Waals surface area contributed by atoms with Crippen LogP contribution >= 0.6 is 11.3 Å². The van der Waals surface area contributed by atoms with Gasteiger partial charge in [0, 0.05) is 11.8 Å². The monoisotopic (exact) mass is 370 g/mol. The minimum atomic E-state index is -2.20. The maximum Gasteiger partial charge on any atom is 0.372 e. The Hall–Kier alpha value is -2.73. The third-order valence-electron chi connectivity index (χ3n) is 3.73. The van der Waals surface area contributed by atoms with Crippen molar-refractivity contribution in [2.24, 2.45) is 0 Å². The standard InChI is InChI=1S/C13H14N4O7S/c14-12-15-6(5-25-12)3-8(18)16-7-4-23-17(10(7)20)13(11(21)22)2-1-9(19)24-13/h5,7H,1-4H2,(H2,14,15)(H,16,18)(H,21,22). The Bertz CT molecular complexity index is 750. The summed E-state index contributed by atoms with van der Waals surface area (Å²) in [7, 11) is 0. The quantitative estimate of drug-likeness (QED) is 0.532. The molecule has 2 aliphatic rings. The van der Waals surface area contributed by atoms with E-state index in [4.69, 9.17) is 15.3 Å². The molecule has 1 aromatic rings. The first-order valence-corrected chi connectivity index (χ1v) is 8.11. The van der Waals surface area contributed by atoms with Gasteiger partial charge in [-0.2, -0.15) is 5.06 Å². The fraction of sp³-hybridized carbons (Fsp3) is 0.462. The molecule has 1 aromatic heterocycles. The molecule has 0 aromatic carbocycles. The summed E-state index contributed by atoms with van der Waals surface area (Å²) in [6, 6.07) is -1.08. The molecular weight excluding hydrogens is 356 g/mol. The smallest absolute Gasteiger partial charge is 0.372 e. The molecule has 11 nitrogen and oxygen atoms in total. The SMILES string of the molecule is Nc1nc(CC(=O)NC2CON(C3(C(=O)O)CCC(=O)O3)C2=O)cs1. The summed E-state index contributed by atoms with van der Waals surface area (Å²) in [5.41, 5.74) is 3.74. The molecule has 0 bridgehead atoms. The molecule has 3 heterocycles. The molecule has 0 spiro atoms. The second-order valence-corrected chi connectivity index (χ2v) is 6.36. The highest BCUT2D eigenvalue weighted by Gasteiger charge is 2.59. The molecule has 2 unspecified atom stereocenters. The molecule has 3 rings (SSSR count).